The van der Waals surface area contributed by atoms with Crippen LogP contribution >= 0.6 is 0 Å². The Morgan fingerprint density at radius 1 is 0.314 bits per heavy atom. The van der Waals surface area contributed by atoms with E-state index in [0.29, 0.717) is 0 Å². The fourth-order valence-corrected chi connectivity index (χ4v) is 8.34. The molecule has 0 unspecified atom stereocenters. The SMILES string of the molecule is c1ccc(-n2c3ccccc3c3c(-c4ccc5c(c4)oc4cc(-c6cccc7c6c6ccccc6n7-c6ccccc6)ccc45)cccc32)cc1. The van der Waals surface area contributed by atoms with E-state index in [-0.39, 0.29) is 0 Å². The Morgan fingerprint density at radius 2 is 0.725 bits per heavy atom. The van der Waals surface area contributed by atoms with Gasteiger partial charge >= 0.3 is 0 Å². The Labute approximate surface area is 293 Å². The minimum atomic E-state index is 0.891. The summed E-state index contributed by atoms with van der Waals surface area (Å²) in [6.07, 6.45) is 0. The highest BCUT2D eigenvalue weighted by Crippen LogP contribution is 2.42. The zero-order valence-electron chi connectivity index (χ0n) is 27.6. The van der Waals surface area contributed by atoms with Crippen LogP contribution in [0.25, 0.3) is 99.2 Å². The van der Waals surface area contributed by atoms with Gasteiger partial charge < -0.3 is 13.6 Å². The van der Waals surface area contributed by atoms with Crippen LogP contribution in [0.15, 0.2) is 186 Å². The molecule has 0 aliphatic carbocycles. The molecule has 3 aromatic heterocycles. The minimum absolute atomic E-state index is 0.891. The molecule has 0 fully saturated rings. The number of furan rings is 1. The molecule has 0 bridgehead atoms. The molecular formula is C48H30N2O. The molecule has 0 atom stereocenters. The smallest absolute Gasteiger partial charge is 0.136 e. The lowest BCUT2D eigenvalue weighted by Gasteiger charge is -2.08. The van der Waals surface area contributed by atoms with Gasteiger partial charge in [0.05, 0.1) is 22.1 Å². The number of fused-ring (bicyclic) bond motifs is 9. The molecule has 0 spiro atoms. The third-order valence-corrected chi connectivity index (χ3v) is 10.5. The number of rotatable bonds is 4. The lowest BCUT2D eigenvalue weighted by atomic mass is 9.97. The average Bonchev–Trinajstić information content (AvgIpc) is 3.85. The van der Waals surface area contributed by atoms with Crippen molar-refractivity contribution in [2.24, 2.45) is 0 Å². The van der Waals surface area contributed by atoms with E-state index in [9.17, 15) is 0 Å². The summed E-state index contributed by atoms with van der Waals surface area (Å²) in [5.74, 6) is 0. The van der Waals surface area contributed by atoms with Crippen LogP contribution in [0.1, 0.15) is 0 Å². The monoisotopic (exact) mass is 650 g/mol. The fourth-order valence-electron chi connectivity index (χ4n) is 8.34. The summed E-state index contributed by atoms with van der Waals surface area (Å²) in [4.78, 5) is 0. The summed E-state index contributed by atoms with van der Waals surface area (Å²) in [6.45, 7) is 0. The second kappa shape index (κ2) is 10.8. The van der Waals surface area contributed by atoms with Gasteiger partial charge in [0.1, 0.15) is 11.2 Å². The second-order valence-corrected chi connectivity index (χ2v) is 13.3. The van der Waals surface area contributed by atoms with Crippen molar-refractivity contribution < 1.29 is 4.42 Å². The normalized spacial score (nSPS) is 11.9. The molecule has 3 nitrogen and oxygen atoms in total. The molecule has 8 aromatic carbocycles. The molecule has 0 saturated heterocycles. The molecule has 0 aliphatic rings. The summed E-state index contributed by atoms with van der Waals surface area (Å²) >= 11 is 0. The van der Waals surface area contributed by atoms with Crippen LogP contribution < -0.4 is 0 Å². The maximum atomic E-state index is 6.71. The van der Waals surface area contributed by atoms with Gasteiger partial charge in [-0.05, 0) is 95.1 Å². The molecule has 0 N–H and O–H groups in total. The maximum Gasteiger partial charge on any atom is 0.136 e. The summed E-state index contributed by atoms with van der Waals surface area (Å²) in [6, 6.07) is 65.3. The predicted molar refractivity (Wildman–Crippen MR) is 213 cm³/mol. The van der Waals surface area contributed by atoms with Crippen molar-refractivity contribution in [1.29, 1.82) is 0 Å². The number of para-hydroxylation sites is 4. The number of benzene rings is 8. The van der Waals surface area contributed by atoms with Crippen LogP contribution in [0.3, 0.4) is 0 Å². The molecule has 11 aromatic rings. The molecule has 0 radical (unpaired) electrons. The van der Waals surface area contributed by atoms with Crippen molar-refractivity contribution in [2.45, 2.75) is 0 Å². The van der Waals surface area contributed by atoms with Gasteiger partial charge in [0, 0.05) is 43.7 Å². The molecule has 0 amide bonds. The molecule has 3 heteroatoms. The van der Waals surface area contributed by atoms with E-state index < -0.39 is 0 Å². The first-order valence-electron chi connectivity index (χ1n) is 17.4. The van der Waals surface area contributed by atoms with Gasteiger partial charge in [0.25, 0.3) is 0 Å². The zero-order chi connectivity index (χ0) is 33.5. The van der Waals surface area contributed by atoms with E-state index in [1.165, 1.54) is 54.7 Å². The largest absolute Gasteiger partial charge is 0.456 e. The second-order valence-electron chi connectivity index (χ2n) is 13.3. The van der Waals surface area contributed by atoms with Gasteiger partial charge in [-0.25, -0.2) is 0 Å². The Morgan fingerprint density at radius 3 is 1.20 bits per heavy atom. The van der Waals surface area contributed by atoms with Crippen LogP contribution in [-0.2, 0) is 0 Å². The Kier molecular flexibility index (Phi) is 5.96. The van der Waals surface area contributed by atoms with Crippen molar-refractivity contribution >= 4 is 65.6 Å². The van der Waals surface area contributed by atoms with E-state index in [1.807, 2.05) is 0 Å². The Balaban J connectivity index is 1.08. The van der Waals surface area contributed by atoms with Crippen LogP contribution in [-0.4, -0.2) is 9.13 Å². The highest BCUT2D eigenvalue weighted by atomic mass is 16.3. The molecule has 51 heavy (non-hydrogen) atoms. The number of hydrogen-bond acceptors (Lipinski definition) is 1. The maximum absolute atomic E-state index is 6.71. The van der Waals surface area contributed by atoms with Crippen molar-refractivity contribution in [3.05, 3.63) is 182 Å². The van der Waals surface area contributed by atoms with Gasteiger partial charge in [-0.1, -0.05) is 109 Å². The van der Waals surface area contributed by atoms with Crippen molar-refractivity contribution in [2.75, 3.05) is 0 Å². The molecule has 0 saturated carbocycles. The lowest BCUT2D eigenvalue weighted by Crippen LogP contribution is -1.92. The molecule has 11 rings (SSSR count). The van der Waals surface area contributed by atoms with E-state index in [2.05, 4.69) is 191 Å². The molecule has 238 valence electrons. The highest BCUT2D eigenvalue weighted by molar-refractivity contribution is 6.18. The van der Waals surface area contributed by atoms with Crippen LogP contribution in [0.4, 0.5) is 0 Å². The first-order valence-corrected chi connectivity index (χ1v) is 17.4. The summed E-state index contributed by atoms with van der Waals surface area (Å²) in [5, 5.41) is 7.22. The number of aromatic nitrogens is 2. The van der Waals surface area contributed by atoms with Gasteiger partial charge in [0.15, 0.2) is 0 Å². The van der Waals surface area contributed by atoms with Crippen LogP contribution in [0.5, 0.6) is 0 Å². The fraction of sp³-hybridized carbons (Fsp3) is 0. The standard InChI is InChI=1S/C48H30N2O/c1-3-13-33(14-4-1)49-41-21-9-7-17-39(41)47-35(19-11-23-43(47)49)31-25-27-37-38-28-26-32(30-46(38)51-45(37)29-31)36-20-12-24-44-48(36)40-18-8-10-22-42(40)50(44)34-15-5-2-6-16-34/h1-30H. The minimum Gasteiger partial charge on any atom is -0.456 e. The zero-order valence-corrected chi connectivity index (χ0v) is 27.6. The van der Waals surface area contributed by atoms with Crippen LogP contribution in [0, 0.1) is 0 Å². The third-order valence-electron chi connectivity index (χ3n) is 10.5. The van der Waals surface area contributed by atoms with E-state index >= 15 is 0 Å². The van der Waals surface area contributed by atoms with E-state index in [1.54, 1.807) is 0 Å². The highest BCUT2D eigenvalue weighted by Gasteiger charge is 2.19. The summed E-state index contributed by atoms with van der Waals surface area (Å²) in [7, 11) is 0. The Bertz CT molecular complexity index is 2910. The summed E-state index contributed by atoms with van der Waals surface area (Å²) < 4.78 is 11.5. The average molecular weight is 651 g/mol. The topological polar surface area (TPSA) is 23.0 Å². The number of hydrogen-bond donors (Lipinski definition) is 0. The van der Waals surface area contributed by atoms with Gasteiger partial charge in [-0.3, -0.25) is 0 Å². The van der Waals surface area contributed by atoms with Gasteiger partial charge in [-0.2, -0.15) is 0 Å². The van der Waals surface area contributed by atoms with Gasteiger partial charge in [0.2, 0.25) is 0 Å². The van der Waals surface area contributed by atoms with Gasteiger partial charge in [-0.15, -0.1) is 0 Å². The quantitative estimate of drug-likeness (QED) is 0.186. The predicted octanol–water partition coefficient (Wildman–Crippen LogP) is 13.1. The summed E-state index contributed by atoms with van der Waals surface area (Å²) in [5.41, 5.74) is 13.6. The van der Waals surface area contributed by atoms with Crippen LogP contribution in [0.2, 0.25) is 0 Å². The molecule has 3 heterocycles. The van der Waals surface area contributed by atoms with Crippen molar-refractivity contribution in [3.63, 3.8) is 0 Å². The lowest BCUT2D eigenvalue weighted by molar-refractivity contribution is 0.669. The van der Waals surface area contributed by atoms with Crippen molar-refractivity contribution in [3.8, 4) is 33.6 Å². The van der Waals surface area contributed by atoms with E-state index in [4.69, 9.17) is 4.42 Å². The molecule has 0 aliphatic heterocycles. The van der Waals surface area contributed by atoms with E-state index in [0.717, 1.165) is 44.4 Å². The first-order chi connectivity index (χ1) is 25.3. The first kappa shape index (κ1) is 28.0. The number of nitrogens with zero attached hydrogens (tertiary/aromatic N) is 2. The molecular weight excluding hydrogens is 621 g/mol. The Hall–Kier alpha value is -6.84. The van der Waals surface area contributed by atoms with Crippen molar-refractivity contribution in [1.82, 2.24) is 9.13 Å². The third kappa shape index (κ3) is 4.12.